The number of hydrogen-bond acceptors (Lipinski definition) is 16. The van der Waals surface area contributed by atoms with E-state index in [1.165, 1.54) is 0 Å². The van der Waals surface area contributed by atoms with E-state index < -0.39 is 156 Å². The highest BCUT2D eigenvalue weighted by molar-refractivity contribution is 7.86. The summed E-state index contributed by atoms with van der Waals surface area (Å²) in [4.78, 5) is 44.9. The van der Waals surface area contributed by atoms with Gasteiger partial charge in [-0.15, -0.1) is 20.5 Å². The molecule has 68 heavy (non-hydrogen) atoms. The lowest BCUT2D eigenvalue weighted by molar-refractivity contribution is 0.0672. The molecule has 0 saturated heterocycles. The molecule has 0 aliphatic rings. The minimum atomic E-state index is -5.46. The number of azo groups is 2. The van der Waals surface area contributed by atoms with E-state index in [0.717, 1.165) is 36.4 Å². The average Bonchev–Trinajstić information content (AvgIpc) is 3.26. The molecule has 0 saturated carbocycles. The first-order valence-corrected chi connectivity index (χ1v) is 20.5. The van der Waals surface area contributed by atoms with Gasteiger partial charge >= 0.3 is 11.9 Å². The summed E-state index contributed by atoms with van der Waals surface area (Å²) in [5.41, 5.74) is -14.0. The van der Waals surface area contributed by atoms with Gasteiger partial charge in [0.15, 0.2) is 69.4 Å². The first kappa shape index (κ1) is 47.5. The van der Waals surface area contributed by atoms with Gasteiger partial charge in [0.1, 0.15) is 43.7 Å². The molecule has 0 spiro atoms. The standard InChI is InChI=1S/C38H16F8N6O14S2/c39-19-17(37(57)58)20(40)24(44)29(23(19)43)51-49-27-15(67(61,62)63)7-9-5-11(1-3-13(9)33(27)53)47-31-32(36(56)35(31)55)48-12-2-4-14-10(6-12)8-16(68(64,65)66)28(34(14)54)50-52-30-25(45)21(41)18(38(59)60)22(42)26(30)46/h1-8,47-48,53-54H,(H,57,58)(H,59,60)(H,61,62,63)(H,64,65,66). The molecule has 7 aromatic carbocycles. The van der Waals surface area contributed by atoms with Crippen LogP contribution in [-0.4, -0.2) is 58.3 Å². The Kier molecular flexibility index (Phi) is 11.7. The summed E-state index contributed by atoms with van der Waals surface area (Å²) in [5, 5.41) is 55.5. The van der Waals surface area contributed by atoms with Gasteiger partial charge in [-0.05, 0) is 59.3 Å². The second kappa shape index (κ2) is 16.7. The zero-order chi connectivity index (χ0) is 50.2. The van der Waals surface area contributed by atoms with Crippen LogP contribution in [0.5, 0.6) is 11.5 Å². The Morgan fingerprint density at radius 2 is 0.765 bits per heavy atom. The van der Waals surface area contributed by atoms with Crippen LogP contribution in [0.1, 0.15) is 20.7 Å². The van der Waals surface area contributed by atoms with Crippen LogP contribution in [0, 0.1) is 46.5 Å². The van der Waals surface area contributed by atoms with E-state index in [0.29, 0.717) is 12.1 Å². The fourth-order valence-electron chi connectivity index (χ4n) is 6.36. The Morgan fingerprint density at radius 1 is 0.471 bits per heavy atom. The summed E-state index contributed by atoms with van der Waals surface area (Å²) in [6.45, 7) is 0. The molecule has 350 valence electrons. The van der Waals surface area contributed by atoms with Crippen molar-refractivity contribution < 1.29 is 91.1 Å². The third-order valence-electron chi connectivity index (χ3n) is 9.51. The van der Waals surface area contributed by atoms with Gasteiger partial charge in [-0.3, -0.25) is 18.7 Å². The second-order valence-corrected chi connectivity index (χ2v) is 16.4. The van der Waals surface area contributed by atoms with Gasteiger partial charge in [-0.2, -0.15) is 16.8 Å². The van der Waals surface area contributed by atoms with Crippen molar-refractivity contribution >= 4 is 99.2 Å². The minimum absolute atomic E-state index is 0.151. The summed E-state index contributed by atoms with van der Waals surface area (Å²) in [6, 6.07) is 7.47. The van der Waals surface area contributed by atoms with Crippen molar-refractivity contribution in [1.29, 1.82) is 0 Å². The lowest BCUT2D eigenvalue weighted by Gasteiger charge is -2.17. The fourth-order valence-corrected chi connectivity index (χ4v) is 7.67. The first-order chi connectivity index (χ1) is 31.6. The number of hydrogen-bond donors (Lipinski definition) is 8. The van der Waals surface area contributed by atoms with Crippen molar-refractivity contribution in [1.82, 2.24) is 0 Å². The Balaban J connectivity index is 1.22. The summed E-state index contributed by atoms with van der Waals surface area (Å²) in [5.74, 6) is -26.4. The van der Waals surface area contributed by atoms with Crippen molar-refractivity contribution in [3.63, 3.8) is 0 Å². The van der Waals surface area contributed by atoms with Crippen molar-refractivity contribution in [2.75, 3.05) is 10.6 Å². The molecule has 0 unspecified atom stereocenters. The molecule has 0 heterocycles. The Labute approximate surface area is 368 Å². The monoisotopic (exact) mass is 996 g/mol. The molecule has 7 aromatic rings. The van der Waals surface area contributed by atoms with E-state index in [4.69, 9.17) is 10.2 Å². The predicted molar refractivity (Wildman–Crippen MR) is 214 cm³/mol. The molecule has 30 heteroatoms. The van der Waals surface area contributed by atoms with E-state index in [1.54, 1.807) is 0 Å². The number of carboxylic acid groups (broad SMARTS) is 2. The summed E-state index contributed by atoms with van der Waals surface area (Å²) < 4.78 is 184. The minimum Gasteiger partial charge on any atom is -0.505 e. The van der Waals surface area contributed by atoms with E-state index in [2.05, 4.69) is 31.1 Å². The normalized spacial score (nSPS) is 12.3. The lowest BCUT2D eigenvalue weighted by Crippen LogP contribution is -2.35. The van der Waals surface area contributed by atoms with Crippen molar-refractivity contribution in [3.8, 4) is 11.5 Å². The number of phenolic OH excluding ortho intramolecular Hbond substituents is 2. The van der Waals surface area contributed by atoms with Gasteiger partial charge in [-0.25, -0.2) is 44.7 Å². The number of carbonyl (C=O) groups is 2. The molecule has 20 nitrogen and oxygen atoms in total. The smallest absolute Gasteiger partial charge is 0.341 e. The highest BCUT2D eigenvalue weighted by Crippen LogP contribution is 2.45. The molecule has 8 N–H and O–H groups in total. The zero-order valence-electron chi connectivity index (χ0n) is 32.2. The van der Waals surface area contributed by atoms with E-state index in [1.807, 2.05) is 0 Å². The predicted octanol–water partition coefficient (Wildman–Crippen LogP) is 8.32. The topological polar surface area (TPSA) is 331 Å². The van der Waals surface area contributed by atoms with Crippen LogP contribution >= 0.6 is 0 Å². The summed E-state index contributed by atoms with van der Waals surface area (Å²) >= 11 is 0. The van der Waals surface area contributed by atoms with Crippen LogP contribution in [-0.2, 0) is 20.2 Å². The summed E-state index contributed by atoms with van der Waals surface area (Å²) in [7, 11) is -10.9. The quantitative estimate of drug-likeness (QED) is 0.0187. The lowest BCUT2D eigenvalue weighted by atomic mass is 10.1. The largest absolute Gasteiger partial charge is 0.505 e. The van der Waals surface area contributed by atoms with Crippen LogP contribution in [0.25, 0.3) is 21.5 Å². The van der Waals surface area contributed by atoms with Crippen LogP contribution in [0.2, 0.25) is 0 Å². The van der Waals surface area contributed by atoms with Gasteiger partial charge in [-0.1, -0.05) is 0 Å². The van der Waals surface area contributed by atoms with Gasteiger partial charge in [0, 0.05) is 22.1 Å². The number of rotatable bonds is 12. The number of nitrogens with zero attached hydrogens (tertiary/aromatic N) is 4. The number of benzene rings is 6. The molecule has 7 rings (SSSR count). The number of aromatic hydroxyl groups is 2. The number of nitrogens with one attached hydrogen (secondary N) is 2. The molecular weight excluding hydrogens is 981 g/mol. The molecule has 0 aliphatic heterocycles. The number of halogens is 8. The third-order valence-corrected chi connectivity index (χ3v) is 11.2. The highest BCUT2D eigenvalue weighted by Gasteiger charge is 2.32. The van der Waals surface area contributed by atoms with Crippen LogP contribution in [0.15, 0.2) is 88.4 Å². The zero-order valence-corrected chi connectivity index (χ0v) is 33.8. The number of anilines is 4. The van der Waals surface area contributed by atoms with Crippen molar-refractivity contribution in [2.24, 2.45) is 20.5 Å². The van der Waals surface area contributed by atoms with Crippen LogP contribution < -0.4 is 21.5 Å². The molecule has 0 aromatic heterocycles. The maximum absolute atomic E-state index is 14.5. The second-order valence-electron chi connectivity index (χ2n) is 13.6. The molecule has 0 fully saturated rings. The Hall–Kier alpha value is -8.48. The van der Waals surface area contributed by atoms with Crippen molar-refractivity contribution in [3.05, 3.63) is 127 Å². The van der Waals surface area contributed by atoms with Gasteiger partial charge < -0.3 is 31.1 Å². The van der Waals surface area contributed by atoms with Gasteiger partial charge in [0.05, 0.1) is 0 Å². The van der Waals surface area contributed by atoms with Crippen LogP contribution in [0.3, 0.4) is 0 Å². The van der Waals surface area contributed by atoms with Gasteiger partial charge in [0.25, 0.3) is 31.1 Å². The summed E-state index contributed by atoms with van der Waals surface area (Å²) in [6.07, 6.45) is 0. The van der Waals surface area contributed by atoms with Crippen molar-refractivity contribution in [2.45, 2.75) is 9.79 Å². The SMILES string of the molecule is O=C(O)c1c(F)c(F)c(N=Nc2c(S(=O)(=O)O)cc3cc(Nc4c(Nc5ccc6c(O)c(N=Nc7c(F)c(F)c(C(=O)O)c(F)c7F)c(S(=O)(=O)O)cc6c5)c(=O)c4=O)ccc3c2O)c(F)c1F. The number of aromatic carboxylic acids is 2. The van der Waals surface area contributed by atoms with Gasteiger partial charge in [0.2, 0.25) is 0 Å². The molecule has 0 aliphatic carbocycles. The maximum atomic E-state index is 14.5. The maximum Gasteiger partial charge on any atom is 0.341 e. The molecule has 0 bridgehead atoms. The average molecular weight is 997 g/mol. The Morgan fingerprint density at radius 3 is 1.04 bits per heavy atom. The Bertz CT molecular complexity index is 3520. The van der Waals surface area contributed by atoms with Crippen LogP contribution in [0.4, 0.5) is 80.6 Å². The number of carboxylic acids is 2. The van der Waals surface area contributed by atoms with E-state index in [-0.39, 0.29) is 32.9 Å². The molecule has 0 radical (unpaired) electrons. The molecule has 0 amide bonds. The first-order valence-electron chi connectivity index (χ1n) is 17.6. The molecular formula is C38H16F8N6O14S2. The molecule has 0 atom stereocenters. The third kappa shape index (κ3) is 8.00. The number of fused-ring (bicyclic) bond motifs is 2. The highest BCUT2D eigenvalue weighted by atomic mass is 32.2. The number of phenols is 2. The van der Waals surface area contributed by atoms with E-state index in [9.17, 15) is 90.5 Å². The fraction of sp³-hybridized carbons (Fsp3) is 0. The van der Waals surface area contributed by atoms with E-state index >= 15 is 0 Å².